The molecule has 11 heavy (non-hydrogen) atoms. The third-order valence-electron chi connectivity index (χ3n) is 1.24. The summed E-state index contributed by atoms with van der Waals surface area (Å²) in [7, 11) is -3.21. The van der Waals surface area contributed by atoms with Crippen molar-refractivity contribution in [3.63, 3.8) is 0 Å². The van der Waals surface area contributed by atoms with Crippen LogP contribution in [0.4, 0.5) is 0 Å². The topological polar surface area (TPSA) is 47.3 Å². The van der Waals surface area contributed by atoms with Crippen LogP contribution in [0.3, 0.4) is 0 Å². The molecule has 3 nitrogen and oxygen atoms in total. The van der Waals surface area contributed by atoms with Gasteiger partial charge in [-0.15, -0.1) is 0 Å². The minimum Gasteiger partial charge on any atom is -0.464 e. The quantitative estimate of drug-likeness (QED) is 0.675. The number of hydrogen-bond acceptors (Lipinski definition) is 3. The lowest BCUT2D eigenvalue weighted by Gasteiger charge is -1.96. The SMILES string of the molecule is C=C(c1ccco1)S(C)(=O)=O. The van der Waals surface area contributed by atoms with Gasteiger partial charge < -0.3 is 4.42 Å². The Kier molecular flexibility index (Phi) is 1.87. The molecule has 0 saturated carbocycles. The zero-order valence-corrected chi connectivity index (χ0v) is 6.89. The van der Waals surface area contributed by atoms with Gasteiger partial charge in [0.2, 0.25) is 0 Å². The maximum Gasteiger partial charge on any atom is 0.178 e. The first kappa shape index (κ1) is 8.07. The Morgan fingerprint density at radius 2 is 2.27 bits per heavy atom. The molecule has 0 fully saturated rings. The molecule has 0 spiro atoms. The van der Waals surface area contributed by atoms with Gasteiger partial charge in [0.05, 0.1) is 6.26 Å². The summed E-state index contributed by atoms with van der Waals surface area (Å²) in [6.07, 6.45) is 2.50. The van der Waals surface area contributed by atoms with Gasteiger partial charge in [0.15, 0.2) is 9.84 Å². The van der Waals surface area contributed by atoms with E-state index in [0.29, 0.717) is 5.76 Å². The Morgan fingerprint density at radius 1 is 1.64 bits per heavy atom. The molecule has 4 heteroatoms. The van der Waals surface area contributed by atoms with Gasteiger partial charge in [0.1, 0.15) is 10.7 Å². The van der Waals surface area contributed by atoms with Gasteiger partial charge in [-0.05, 0) is 12.1 Å². The molecule has 1 aromatic heterocycles. The van der Waals surface area contributed by atoms with Crippen LogP contribution in [0.25, 0.3) is 4.91 Å². The van der Waals surface area contributed by atoms with Crippen LogP contribution in [-0.2, 0) is 9.84 Å². The smallest absolute Gasteiger partial charge is 0.178 e. The first-order valence-corrected chi connectivity index (χ1v) is 4.84. The van der Waals surface area contributed by atoms with Crippen LogP contribution < -0.4 is 0 Å². The van der Waals surface area contributed by atoms with Gasteiger partial charge >= 0.3 is 0 Å². The summed E-state index contributed by atoms with van der Waals surface area (Å²) in [4.78, 5) is 0.0162. The van der Waals surface area contributed by atoms with Crippen LogP contribution in [0.1, 0.15) is 5.76 Å². The van der Waals surface area contributed by atoms with E-state index in [0.717, 1.165) is 6.26 Å². The summed E-state index contributed by atoms with van der Waals surface area (Å²) < 4.78 is 26.6. The minimum atomic E-state index is -3.21. The van der Waals surface area contributed by atoms with E-state index in [1.165, 1.54) is 6.26 Å². The summed E-state index contributed by atoms with van der Waals surface area (Å²) in [6, 6.07) is 3.18. The predicted molar refractivity (Wildman–Crippen MR) is 42.6 cm³/mol. The van der Waals surface area contributed by atoms with Crippen LogP contribution in [-0.4, -0.2) is 14.7 Å². The molecule has 0 aliphatic carbocycles. The zero-order valence-electron chi connectivity index (χ0n) is 6.07. The standard InChI is InChI=1S/C7H8O3S/c1-6(11(2,8)9)7-4-3-5-10-7/h3-5H,1H2,2H3. The lowest BCUT2D eigenvalue weighted by molar-refractivity contribution is 0.553. The van der Waals surface area contributed by atoms with Crippen molar-refractivity contribution in [2.45, 2.75) is 0 Å². The summed E-state index contributed by atoms with van der Waals surface area (Å²) in [6.45, 7) is 3.39. The van der Waals surface area contributed by atoms with Crippen LogP contribution in [0.2, 0.25) is 0 Å². The van der Waals surface area contributed by atoms with Gasteiger partial charge in [-0.25, -0.2) is 8.42 Å². The van der Waals surface area contributed by atoms with E-state index in [-0.39, 0.29) is 4.91 Å². The van der Waals surface area contributed by atoms with Gasteiger partial charge in [-0.3, -0.25) is 0 Å². The second-order valence-electron chi connectivity index (χ2n) is 2.17. The van der Waals surface area contributed by atoms with Crippen molar-refractivity contribution < 1.29 is 12.8 Å². The van der Waals surface area contributed by atoms with E-state index in [1.54, 1.807) is 12.1 Å². The van der Waals surface area contributed by atoms with Crippen molar-refractivity contribution >= 4 is 14.7 Å². The van der Waals surface area contributed by atoms with E-state index in [1.807, 2.05) is 0 Å². The summed E-state index contributed by atoms with van der Waals surface area (Å²) >= 11 is 0. The van der Waals surface area contributed by atoms with Crippen LogP contribution in [0.5, 0.6) is 0 Å². The van der Waals surface area contributed by atoms with E-state index < -0.39 is 9.84 Å². The van der Waals surface area contributed by atoms with Gasteiger partial charge in [-0.2, -0.15) is 0 Å². The van der Waals surface area contributed by atoms with Crippen molar-refractivity contribution in [1.29, 1.82) is 0 Å². The highest BCUT2D eigenvalue weighted by molar-refractivity contribution is 7.99. The van der Waals surface area contributed by atoms with Crippen LogP contribution in [0.15, 0.2) is 29.4 Å². The molecule has 1 rings (SSSR count). The molecule has 0 aromatic carbocycles. The number of furan rings is 1. The second-order valence-corrected chi connectivity index (χ2v) is 4.21. The monoisotopic (exact) mass is 172 g/mol. The minimum absolute atomic E-state index is 0.0162. The van der Waals surface area contributed by atoms with Gasteiger partial charge in [-0.1, -0.05) is 6.58 Å². The van der Waals surface area contributed by atoms with E-state index >= 15 is 0 Å². The largest absolute Gasteiger partial charge is 0.464 e. The highest BCUT2D eigenvalue weighted by Gasteiger charge is 2.12. The molecule has 0 bridgehead atoms. The Hall–Kier alpha value is -1.03. The molecule has 0 saturated heterocycles. The fourth-order valence-corrected chi connectivity index (χ4v) is 1.10. The normalized spacial score (nSPS) is 11.4. The molecule has 0 amide bonds. The molecule has 0 unspecified atom stereocenters. The van der Waals surface area contributed by atoms with E-state index in [2.05, 4.69) is 6.58 Å². The molecule has 1 aromatic rings. The molecule has 0 N–H and O–H groups in total. The highest BCUT2D eigenvalue weighted by atomic mass is 32.2. The third kappa shape index (κ3) is 1.71. The van der Waals surface area contributed by atoms with Gasteiger partial charge in [0, 0.05) is 6.26 Å². The average molecular weight is 172 g/mol. The molecule has 0 radical (unpaired) electrons. The Morgan fingerprint density at radius 3 is 2.64 bits per heavy atom. The molecular formula is C7H8O3S. The molecule has 60 valence electrons. The Balaban J connectivity index is 3.07. The fraction of sp³-hybridized carbons (Fsp3) is 0.143. The molecule has 1 heterocycles. The van der Waals surface area contributed by atoms with Crippen LogP contribution in [0, 0.1) is 0 Å². The molecule has 0 aliphatic rings. The molecule has 0 atom stereocenters. The van der Waals surface area contributed by atoms with Gasteiger partial charge in [0.25, 0.3) is 0 Å². The second kappa shape index (κ2) is 2.54. The lowest BCUT2D eigenvalue weighted by atomic mass is 10.4. The predicted octanol–water partition coefficient (Wildman–Crippen LogP) is 1.29. The third-order valence-corrected chi connectivity index (χ3v) is 2.34. The Bertz CT molecular complexity index is 345. The van der Waals surface area contributed by atoms with Crippen molar-refractivity contribution in [2.75, 3.05) is 6.26 Å². The van der Waals surface area contributed by atoms with Crippen LogP contribution >= 0.6 is 0 Å². The molecular weight excluding hydrogens is 164 g/mol. The maximum absolute atomic E-state index is 10.9. The van der Waals surface area contributed by atoms with Crippen molar-refractivity contribution in [3.8, 4) is 0 Å². The summed E-state index contributed by atoms with van der Waals surface area (Å²) in [5.74, 6) is 0.299. The maximum atomic E-state index is 10.9. The number of sulfone groups is 1. The fourth-order valence-electron chi connectivity index (χ4n) is 0.620. The van der Waals surface area contributed by atoms with E-state index in [4.69, 9.17) is 4.42 Å². The first-order valence-electron chi connectivity index (χ1n) is 2.94. The van der Waals surface area contributed by atoms with Crippen molar-refractivity contribution in [3.05, 3.63) is 30.7 Å². The summed E-state index contributed by atoms with van der Waals surface area (Å²) in [5.41, 5.74) is 0. The summed E-state index contributed by atoms with van der Waals surface area (Å²) in [5, 5.41) is 0. The lowest BCUT2D eigenvalue weighted by Crippen LogP contribution is -1.96. The highest BCUT2D eigenvalue weighted by Crippen LogP contribution is 2.17. The zero-order chi connectivity index (χ0) is 8.48. The number of hydrogen-bond donors (Lipinski definition) is 0. The molecule has 0 aliphatic heterocycles. The average Bonchev–Trinajstić information content (AvgIpc) is 2.34. The first-order chi connectivity index (χ1) is 5.02. The number of rotatable bonds is 2. The van der Waals surface area contributed by atoms with E-state index in [9.17, 15) is 8.42 Å². The van der Waals surface area contributed by atoms with Crippen molar-refractivity contribution in [2.24, 2.45) is 0 Å². The Labute approximate surface area is 65.3 Å². The van der Waals surface area contributed by atoms with Crippen molar-refractivity contribution in [1.82, 2.24) is 0 Å².